The van der Waals surface area contributed by atoms with Gasteiger partial charge in [-0.2, -0.15) is 0 Å². The number of hydrogen-bond donors (Lipinski definition) is 1. The molecule has 1 atom stereocenters. The lowest BCUT2D eigenvalue weighted by molar-refractivity contribution is 0.174. The lowest BCUT2D eigenvalue weighted by Gasteiger charge is -2.13. The standard InChI is InChI=1S/C12H16FN.C8H8O3/c13-12-5-3-11(4-6-12)10-2-1-8-14-9-7-10;1-9-6-2-3-7-8(4-6)11-5-10-7/h3-6,10,14H,1-2,7-9H2;2-4H,5H2,1H3/t10-;/m1./s1. The Bertz CT molecular complexity index is 667. The minimum Gasteiger partial charge on any atom is -0.497 e. The molecule has 1 N–H and O–H groups in total. The first-order valence-electron chi connectivity index (χ1n) is 8.66. The number of methoxy groups -OCH3 is 1. The topological polar surface area (TPSA) is 39.7 Å². The average molecular weight is 345 g/mol. The highest BCUT2D eigenvalue weighted by molar-refractivity contribution is 5.46. The van der Waals surface area contributed by atoms with E-state index in [4.69, 9.17) is 14.2 Å². The molecule has 2 aromatic rings. The van der Waals surface area contributed by atoms with E-state index in [1.807, 2.05) is 30.3 Å². The van der Waals surface area contributed by atoms with Gasteiger partial charge in [-0.15, -0.1) is 0 Å². The van der Waals surface area contributed by atoms with E-state index in [1.165, 1.54) is 24.8 Å². The van der Waals surface area contributed by atoms with Gasteiger partial charge in [-0.1, -0.05) is 12.1 Å². The number of halogens is 1. The highest BCUT2D eigenvalue weighted by atomic mass is 19.1. The van der Waals surface area contributed by atoms with Crippen LogP contribution in [0.1, 0.15) is 30.7 Å². The number of fused-ring (bicyclic) bond motifs is 1. The van der Waals surface area contributed by atoms with E-state index in [9.17, 15) is 4.39 Å². The van der Waals surface area contributed by atoms with Gasteiger partial charge in [0.15, 0.2) is 11.5 Å². The largest absolute Gasteiger partial charge is 0.497 e. The number of ether oxygens (including phenoxy) is 3. The molecule has 0 aromatic heterocycles. The molecule has 0 radical (unpaired) electrons. The summed E-state index contributed by atoms with van der Waals surface area (Å²) in [6.07, 6.45) is 3.62. The Kier molecular flexibility index (Phi) is 6.12. The van der Waals surface area contributed by atoms with E-state index < -0.39 is 0 Å². The van der Waals surface area contributed by atoms with E-state index >= 15 is 0 Å². The molecular weight excluding hydrogens is 321 g/mol. The molecule has 2 heterocycles. The summed E-state index contributed by atoms with van der Waals surface area (Å²) in [6, 6.07) is 12.5. The Hall–Kier alpha value is -2.27. The first-order chi connectivity index (χ1) is 12.3. The van der Waals surface area contributed by atoms with Crippen molar-refractivity contribution in [1.29, 1.82) is 0 Å². The fourth-order valence-corrected chi connectivity index (χ4v) is 3.09. The highest BCUT2D eigenvalue weighted by Crippen LogP contribution is 2.34. The van der Waals surface area contributed by atoms with Crippen molar-refractivity contribution in [1.82, 2.24) is 5.32 Å². The van der Waals surface area contributed by atoms with Gasteiger partial charge < -0.3 is 19.5 Å². The molecule has 25 heavy (non-hydrogen) atoms. The van der Waals surface area contributed by atoms with Crippen LogP contribution in [0.5, 0.6) is 17.2 Å². The number of nitrogens with one attached hydrogen (secondary N) is 1. The minimum absolute atomic E-state index is 0.138. The van der Waals surface area contributed by atoms with Gasteiger partial charge >= 0.3 is 0 Å². The Balaban J connectivity index is 0.000000150. The molecule has 2 aliphatic heterocycles. The third-order valence-corrected chi connectivity index (χ3v) is 4.50. The van der Waals surface area contributed by atoms with E-state index in [2.05, 4.69) is 5.32 Å². The monoisotopic (exact) mass is 345 g/mol. The molecule has 5 heteroatoms. The van der Waals surface area contributed by atoms with Crippen LogP contribution in [0.3, 0.4) is 0 Å². The summed E-state index contributed by atoms with van der Waals surface area (Å²) >= 11 is 0. The zero-order valence-electron chi connectivity index (χ0n) is 14.5. The second-order valence-corrected chi connectivity index (χ2v) is 6.15. The normalized spacial score (nSPS) is 18.7. The van der Waals surface area contributed by atoms with Gasteiger partial charge in [-0.05, 0) is 68.1 Å². The summed E-state index contributed by atoms with van der Waals surface area (Å²) in [5.41, 5.74) is 1.29. The van der Waals surface area contributed by atoms with E-state index in [1.54, 1.807) is 19.2 Å². The molecule has 0 unspecified atom stereocenters. The molecule has 0 spiro atoms. The summed E-state index contributed by atoms with van der Waals surface area (Å²) in [4.78, 5) is 0. The van der Waals surface area contributed by atoms with Crippen molar-refractivity contribution in [2.24, 2.45) is 0 Å². The molecule has 2 aromatic carbocycles. The lowest BCUT2D eigenvalue weighted by atomic mass is 9.92. The van der Waals surface area contributed by atoms with Crippen molar-refractivity contribution < 1.29 is 18.6 Å². The lowest BCUT2D eigenvalue weighted by Crippen LogP contribution is -2.13. The predicted molar refractivity (Wildman–Crippen MR) is 95.0 cm³/mol. The molecular formula is C20H24FNO3. The smallest absolute Gasteiger partial charge is 0.231 e. The summed E-state index contributed by atoms with van der Waals surface area (Å²) in [5, 5.41) is 3.38. The third-order valence-electron chi connectivity index (χ3n) is 4.50. The van der Waals surface area contributed by atoms with Gasteiger partial charge in [0.05, 0.1) is 7.11 Å². The molecule has 1 fully saturated rings. The molecule has 0 saturated carbocycles. The van der Waals surface area contributed by atoms with Gasteiger partial charge in [-0.3, -0.25) is 0 Å². The zero-order valence-corrected chi connectivity index (χ0v) is 14.5. The fourth-order valence-electron chi connectivity index (χ4n) is 3.09. The Morgan fingerprint density at radius 1 is 1.00 bits per heavy atom. The molecule has 4 rings (SSSR count). The number of benzene rings is 2. The van der Waals surface area contributed by atoms with Crippen LogP contribution in [0.25, 0.3) is 0 Å². The van der Waals surface area contributed by atoms with Crippen LogP contribution in [-0.4, -0.2) is 27.0 Å². The Morgan fingerprint density at radius 3 is 2.60 bits per heavy atom. The minimum atomic E-state index is -0.138. The van der Waals surface area contributed by atoms with E-state index in [0.717, 1.165) is 30.3 Å². The maximum atomic E-state index is 12.7. The molecule has 0 aliphatic carbocycles. The number of hydrogen-bond acceptors (Lipinski definition) is 4. The molecule has 1 saturated heterocycles. The van der Waals surface area contributed by atoms with Gasteiger partial charge in [0.25, 0.3) is 0 Å². The quantitative estimate of drug-likeness (QED) is 0.889. The van der Waals surface area contributed by atoms with Crippen molar-refractivity contribution in [2.45, 2.75) is 25.2 Å². The van der Waals surface area contributed by atoms with Gasteiger partial charge in [0.1, 0.15) is 11.6 Å². The van der Waals surface area contributed by atoms with Crippen LogP contribution in [0.4, 0.5) is 4.39 Å². The second-order valence-electron chi connectivity index (χ2n) is 6.15. The summed E-state index contributed by atoms with van der Waals surface area (Å²) in [5.74, 6) is 2.80. The second kappa shape index (κ2) is 8.72. The fraction of sp³-hybridized carbons (Fsp3) is 0.400. The van der Waals surface area contributed by atoms with E-state index in [-0.39, 0.29) is 5.82 Å². The molecule has 4 nitrogen and oxygen atoms in total. The van der Waals surface area contributed by atoms with Crippen LogP contribution < -0.4 is 19.5 Å². The summed E-state index contributed by atoms with van der Waals surface area (Å²) in [7, 11) is 1.62. The maximum Gasteiger partial charge on any atom is 0.231 e. The van der Waals surface area contributed by atoms with Crippen LogP contribution in [0, 0.1) is 5.82 Å². The third kappa shape index (κ3) is 4.86. The van der Waals surface area contributed by atoms with Crippen molar-refractivity contribution in [3.05, 3.63) is 53.8 Å². The molecule has 134 valence electrons. The van der Waals surface area contributed by atoms with Crippen molar-refractivity contribution in [2.75, 3.05) is 27.0 Å². The van der Waals surface area contributed by atoms with Crippen molar-refractivity contribution in [3.8, 4) is 17.2 Å². The Labute approximate surface area is 147 Å². The first kappa shape index (κ1) is 17.5. The summed E-state index contributed by atoms with van der Waals surface area (Å²) < 4.78 is 28.0. The van der Waals surface area contributed by atoms with Gasteiger partial charge in [-0.25, -0.2) is 4.39 Å². The van der Waals surface area contributed by atoms with Crippen LogP contribution in [0.2, 0.25) is 0 Å². The number of rotatable bonds is 2. The Morgan fingerprint density at radius 2 is 1.80 bits per heavy atom. The van der Waals surface area contributed by atoms with Gasteiger partial charge in [0, 0.05) is 6.07 Å². The molecule has 0 amide bonds. The predicted octanol–water partition coefficient (Wildman–Crippen LogP) is 4.11. The summed E-state index contributed by atoms with van der Waals surface area (Å²) in [6.45, 7) is 2.52. The maximum absolute atomic E-state index is 12.7. The van der Waals surface area contributed by atoms with Crippen LogP contribution in [0.15, 0.2) is 42.5 Å². The molecule has 2 aliphatic rings. The highest BCUT2D eigenvalue weighted by Gasteiger charge is 2.14. The SMILES string of the molecule is COc1ccc2c(c1)OCO2.Fc1ccc([C@@H]2CCCNCC2)cc1. The van der Waals surface area contributed by atoms with Crippen molar-refractivity contribution in [3.63, 3.8) is 0 Å². The van der Waals surface area contributed by atoms with Crippen LogP contribution >= 0.6 is 0 Å². The average Bonchev–Trinajstić information content (AvgIpc) is 2.95. The first-order valence-corrected chi connectivity index (χ1v) is 8.66. The van der Waals surface area contributed by atoms with Crippen molar-refractivity contribution >= 4 is 0 Å². The molecule has 0 bridgehead atoms. The van der Waals surface area contributed by atoms with Gasteiger partial charge in [0.2, 0.25) is 6.79 Å². The van der Waals surface area contributed by atoms with Crippen LogP contribution in [-0.2, 0) is 0 Å². The zero-order chi connectivity index (χ0) is 17.5. The van der Waals surface area contributed by atoms with E-state index in [0.29, 0.717) is 12.7 Å².